The normalized spacial score (nSPS) is 10.6. The molecule has 2 rings (SSSR count). The summed E-state index contributed by atoms with van der Waals surface area (Å²) in [5.41, 5.74) is 3.23. The van der Waals surface area contributed by atoms with Crippen LogP contribution in [0, 0.1) is 0 Å². The number of hydrogen-bond donors (Lipinski definition) is 2. The van der Waals surface area contributed by atoms with E-state index in [2.05, 4.69) is 41.3 Å². The van der Waals surface area contributed by atoms with Crippen LogP contribution in [0.4, 0.5) is 5.69 Å². The first-order valence-electron chi connectivity index (χ1n) is 5.12. The largest absolute Gasteiger partial charge is 0.382 e. The molecule has 0 spiro atoms. The van der Waals surface area contributed by atoms with Crippen molar-refractivity contribution in [3.8, 4) is 11.3 Å². The van der Waals surface area contributed by atoms with Gasteiger partial charge in [0, 0.05) is 23.5 Å². The molecule has 0 radical (unpaired) electrons. The number of nitrogens with zero attached hydrogens (tertiary/aromatic N) is 1. The third-order valence-corrected chi connectivity index (χ3v) is 2.15. The fraction of sp³-hybridized carbons (Fsp3) is 0.250. The van der Waals surface area contributed by atoms with E-state index in [1.165, 1.54) is 0 Å². The van der Waals surface area contributed by atoms with Gasteiger partial charge >= 0.3 is 0 Å². The number of hydrogen-bond acceptors (Lipinski definition) is 2. The number of rotatable bonds is 3. The van der Waals surface area contributed by atoms with Crippen molar-refractivity contribution in [2.45, 2.75) is 19.9 Å². The minimum absolute atomic E-state index is 0.421. The molecule has 0 amide bonds. The first-order chi connectivity index (χ1) is 7.27. The smallest absolute Gasteiger partial charge is 0.0927 e. The number of aromatic nitrogens is 2. The van der Waals surface area contributed by atoms with Gasteiger partial charge in [-0.2, -0.15) is 0 Å². The van der Waals surface area contributed by atoms with Gasteiger partial charge < -0.3 is 10.3 Å². The third kappa shape index (κ3) is 2.18. The second-order valence-electron chi connectivity index (χ2n) is 3.80. The van der Waals surface area contributed by atoms with Crippen LogP contribution in [-0.2, 0) is 0 Å². The molecule has 3 nitrogen and oxygen atoms in total. The van der Waals surface area contributed by atoms with E-state index in [9.17, 15) is 0 Å². The Balaban J connectivity index is 2.38. The van der Waals surface area contributed by atoms with Crippen molar-refractivity contribution >= 4 is 5.69 Å². The SMILES string of the molecule is CC(C)Nc1ccccc1-c1c[nH]cn1. The molecule has 0 fully saturated rings. The highest BCUT2D eigenvalue weighted by Gasteiger charge is 2.06. The van der Waals surface area contributed by atoms with Crippen LogP contribution in [0.5, 0.6) is 0 Å². The minimum Gasteiger partial charge on any atom is -0.382 e. The molecule has 0 unspecified atom stereocenters. The topological polar surface area (TPSA) is 40.7 Å². The van der Waals surface area contributed by atoms with Crippen molar-refractivity contribution in [3.63, 3.8) is 0 Å². The van der Waals surface area contributed by atoms with Crippen molar-refractivity contribution in [1.29, 1.82) is 0 Å². The summed E-state index contributed by atoms with van der Waals surface area (Å²) < 4.78 is 0. The van der Waals surface area contributed by atoms with E-state index in [4.69, 9.17) is 0 Å². The highest BCUT2D eigenvalue weighted by molar-refractivity contribution is 5.75. The fourth-order valence-corrected chi connectivity index (χ4v) is 1.55. The average molecular weight is 201 g/mol. The second-order valence-corrected chi connectivity index (χ2v) is 3.80. The van der Waals surface area contributed by atoms with Crippen LogP contribution < -0.4 is 5.32 Å². The maximum Gasteiger partial charge on any atom is 0.0927 e. The Morgan fingerprint density at radius 2 is 2.07 bits per heavy atom. The van der Waals surface area contributed by atoms with E-state index in [1.54, 1.807) is 6.33 Å². The van der Waals surface area contributed by atoms with Crippen LogP contribution in [0.3, 0.4) is 0 Å². The standard InChI is InChI=1S/C12H15N3/c1-9(2)15-11-6-4-3-5-10(11)12-7-13-8-14-12/h3-9,15H,1-2H3,(H,13,14). The van der Waals surface area contributed by atoms with E-state index < -0.39 is 0 Å². The minimum atomic E-state index is 0.421. The number of anilines is 1. The molecule has 3 heteroatoms. The molecule has 0 aliphatic heterocycles. The predicted octanol–water partition coefficient (Wildman–Crippen LogP) is 2.90. The van der Waals surface area contributed by atoms with Crippen LogP contribution in [0.1, 0.15) is 13.8 Å². The summed E-state index contributed by atoms with van der Waals surface area (Å²) in [6, 6.07) is 8.62. The fourth-order valence-electron chi connectivity index (χ4n) is 1.55. The van der Waals surface area contributed by atoms with Gasteiger partial charge in [-0.1, -0.05) is 18.2 Å². The number of imidazole rings is 1. The van der Waals surface area contributed by atoms with Crippen molar-refractivity contribution in [3.05, 3.63) is 36.8 Å². The summed E-state index contributed by atoms with van der Waals surface area (Å²) in [7, 11) is 0. The summed E-state index contributed by atoms with van der Waals surface area (Å²) in [5.74, 6) is 0. The maximum atomic E-state index is 4.26. The number of H-pyrrole nitrogens is 1. The molecule has 0 aliphatic rings. The maximum absolute atomic E-state index is 4.26. The zero-order valence-corrected chi connectivity index (χ0v) is 8.99. The van der Waals surface area contributed by atoms with E-state index in [0.29, 0.717) is 6.04 Å². The number of nitrogens with one attached hydrogen (secondary N) is 2. The molecule has 0 aliphatic carbocycles. The van der Waals surface area contributed by atoms with Crippen molar-refractivity contribution in [2.75, 3.05) is 5.32 Å². The van der Waals surface area contributed by atoms with Crippen molar-refractivity contribution in [2.24, 2.45) is 0 Å². The van der Waals surface area contributed by atoms with Gasteiger partial charge in [0.2, 0.25) is 0 Å². The Morgan fingerprint density at radius 3 is 2.73 bits per heavy atom. The lowest BCUT2D eigenvalue weighted by Crippen LogP contribution is -2.10. The predicted molar refractivity (Wildman–Crippen MR) is 62.8 cm³/mol. The van der Waals surface area contributed by atoms with E-state index in [0.717, 1.165) is 16.9 Å². The van der Waals surface area contributed by atoms with Gasteiger partial charge in [0.25, 0.3) is 0 Å². The van der Waals surface area contributed by atoms with Gasteiger partial charge in [-0.05, 0) is 19.9 Å². The molecular formula is C12H15N3. The van der Waals surface area contributed by atoms with E-state index in [1.807, 2.05) is 18.3 Å². The summed E-state index contributed by atoms with van der Waals surface area (Å²) >= 11 is 0. The molecule has 15 heavy (non-hydrogen) atoms. The summed E-state index contributed by atoms with van der Waals surface area (Å²) in [6.07, 6.45) is 3.60. The molecule has 1 aromatic heterocycles. The van der Waals surface area contributed by atoms with Crippen LogP contribution in [-0.4, -0.2) is 16.0 Å². The molecule has 0 saturated carbocycles. The number of aromatic amines is 1. The molecule has 78 valence electrons. The van der Waals surface area contributed by atoms with Gasteiger partial charge in [-0.3, -0.25) is 0 Å². The summed E-state index contributed by atoms with van der Waals surface area (Å²) in [5, 5.41) is 3.41. The molecule has 0 saturated heterocycles. The zero-order chi connectivity index (χ0) is 10.7. The van der Waals surface area contributed by atoms with Crippen LogP contribution >= 0.6 is 0 Å². The number of benzene rings is 1. The monoisotopic (exact) mass is 201 g/mol. The lowest BCUT2D eigenvalue weighted by atomic mass is 10.1. The summed E-state index contributed by atoms with van der Waals surface area (Å²) in [6.45, 7) is 4.25. The molecule has 0 atom stereocenters. The van der Waals surface area contributed by atoms with Gasteiger partial charge in [-0.15, -0.1) is 0 Å². The van der Waals surface area contributed by atoms with Crippen molar-refractivity contribution < 1.29 is 0 Å². The summed E-state index contributed by atoms with van der Waals surface area (Å²) in [4.78, 5) is 7.23. The van der Waals surface area contributed by atoms with E-state index in [-0.39, 0.29) is 0 Å². The average Bonchev–Trinajstić information content (AvgIpc) is 2.70. The highest BCUT2D eigenvalue weighted by atomic mass is 14.9. The third-order valence-electron chi connectivity index (χ3n) is 2.15. The lowest BCUT2D eigenvalue weighted by Gasteiger charge is -2.13. The lowest BCUT2D eigenvalue weighted by molar-refractivity contribution is 0.900. The Kier molecular flexibility index (Phi) is 2.72. The van der Waals surface area contributed by atoms with Crippen LogP contribution in [0.25, 0.3) is 11.3 Å². The Morgan fingerprint density at radius 1 is 1.27 bits per heavy atom. The molecular weight excluding hydrogens is 186 g/mol. The molecule has 2 aromatic rings. The molecule has 1 aromatic carbocycles. The highest BCUT2D eigenvalue weighted by Crippen LogP contribution is 2.25. The first-order valence-corrected chi connectivity index (χ1v) is 5.12. The first kappa shape index (κ1) is 9.77. The number of para-hydroxylation sites is 1. The zero-order valence-electron chi connectivity index (χ0n) is 8.99. The second kappa shape index (κ2) is 4.17. The molecule has 0 bridgehead atoms. The Bertz CT molecular complexity index is 418. The van der Waals surface area contributed by atoms with Gasteiger partial charge in [0.05, 0.1) is 12.0 Å². The molecule has 2 N–H and O–H groups in total. The van der Waals surface area contributed by atoms with Gasteiger partial charge in [-0.25, -0.2) is 4.98 Å². The van der Waals surface area contributed by atoms with Gasteiger partial charge in [0.1, 0.15) is 0 Å². The van der Waals surface area contributed by atoms with Crippen LogP contribution in [0.15, 0.2) is 36.8 Å². The molecule has 1 heterocycles. The Labute approximate surface area is 89.6 Å². The quantitative estimate of drug-likeness (QED) is 0.801. The van der Waals surface area contributed by atoms with E-state index >= 15 is 0 Å². The van der Waals surface area contributed by atoms with Crippen LogP contribution in [0.2, 0.25) is 0 Å². The van der Waals surface area contributed by atoms with Gasteiger partial charge in [0.15, 0.2) is 0 Å². The Hall–Kier alpha value is -1.77. The van der Waals surface area contributed by atoms with Crippen molar-refractivity contribution in [1.82, 2.24) is 9.97 Å².